The quantitative estimate of drug-likeness (QED) is 0.119. The van der Waals surface area contributed by atoms with Crippen LogP contribution < -0.4 is 16.1 Å². The van der Waals surface area contributed by atoms with Crippen molar-refractivity contribution in [2.45, 2.75) is 13.2 Å². The first-order valence-electron chi connectivity index (χ1n) is 8.88. The van der Waals surface area contributed by atoms with Crippen molar-refractivity contribution in [3.63, 3.8) is 0 Å². The van der Waals surface area contributed by atoms with Crippen molar-refractivity contribution in [2.24, 2.45) is 0 Å². The molecule has 0 radical (unpaired) electrons. The fourth-order valence-electron chi connectivity index (χ4n) is 2.69. The number of hydrogen-bond acceptors (Lipinski definition) is 7. The van der Waals surface area contributed by atoms with Gasteiger partial charge in [-0.3, -0.25) is 4.79 Å². The zero-order valence-electron chi connectivity index (χ0n) is 16.1. The molecule has 0 bridgehead atoms. The van der Waals surface area contributed by atoms with Gasteiger partial charge in [-0.15, -0.1) is 0 Å². The molecule has 1 saturated heterocycles. The Labute approximate surface area is 167 Å². The molecule has 6 N–H and O–H groups in total. The topological polar surface area (TPSA) is 161 Å². The minimum absolute atomic E-state index is 0.142. The maximum atomic E-state index is 12.7. The summed E-state index contributed by atoms with van der Waals surface area (Å²) in [5, 5.41) is 34.2. The van der Waals surface area contributed by atoms with E-state index in [-0.39, 0.29) is 36.2 Å². The standard InChI is InChI=1S/C18H23N5O6/c1-3-23(4-5-29-15-10-20-18(27)21-15)17(26)12(9-19)6-11-7-13(22-28-2)16(25)14(24)8-11/h6-8,15,22,24-25H,3-5,10H2,1-2H3,(H2,20,21,27)/p+1/b12-6+. The lowest BCUT2D eigenvalue weighted by Gasteiger charge is -2.21. The van der Waals surface area contributed by atoms with Crippen LogP contribution in [-0.4, -0.2) is 66.6 Å². The first-order valence-corrected chi connectivity index (χ1v) is 8.88. The largest absolute Gasteiger partial charge is 0.504 e. The summed E-state index contributed by atoms with van der Waals surface area (Å²) in [6.45, 7) is 2.86. The van der Waals surface area contributed by atoms with Crippen molar-refractivity contribution in [1.82, 2.24) is 15.5 Å². The normalized spacial score (nSPS) is 16.1. The fourth-order valence-corrected chi connectivity index (χ4v) is 2.69. The van der Waals surface area contributed by atoms with Crippen LogP contribution in [0, 0.1) is 11.3 Å². The summed E-state index contributed by atoms with van der Waals surface area (Å²) >= 11 is 0. The highest BCUT2D eigenvalue weighted by atomic mass is 16.6. The number of nitriles is 1. The molecule has 1 unspecified atom stereocenters. The van der Waals surface area contributed by atoms with Crippen LogP contribution >= 0.6 is 0 Å². The number of carbonyl (C=O) groups is 2. The number of quaternary nitrogens is 1. The van der Waals surface area contributed by atoms with Gasteiger partial charge in [0.25, 0.3) is 5.91 Å². The number of likely N-dealkylation sites (N-methyl/N-ethyl adjacent to an activating group) is 1. The number of amides is 3. The summed E-state index contributed by atoms with van der Waals surface area (Å²) < 4.78 is 5.49. The molecule has 1 aliphatic heterocycles. The number of aromatic hydroxyl groups is 2. The monoisotopic (exact) mass is 406 g/mol. The highest BCUT2D eigenvalue weighted by Crippen LogP contribution is 2.32. The van der Waals surface area contributed by atoms with E-state index >= 15 is 0 Å². The van der Waals surface area contributed by atoms with Crippen molar-refractivity contribution >= 4 is 23.7 Å². The molecule has 1 aromatic carbocycles. The number of phenols is 2. The maximum absolute atomic E-state index is 12.7. The minimum Gasteiger partial charge on any atom is -0.504 e. The van der Waals surface area contributed by atoms with Crippen molar-refractivity contribution in [1.29, 1.82) is 5.26 Å². The van der Waals surface area contributed by atoms with Gasteiger partial charge in [0.15, 0.2) is 5.75 Å². The molecule has 156 valence electrons. The number of urea groups is 1. The SMILES string of the molecule is CCN(CCOC1CNC(=O)N1)C(=O)/C(C#N)=C/c1cc(O)c(O)c([NH2+]OC)c1. The van der Waals surface area contributed by atoms with Crippen molar-refractivity contribution in [3.8, 4) is 17.6 Å². The Balaban J connectivity index is 2.09. The maximum Gasteiger partial charge on any atom is 0.317 e. The minimum atomic E-state index is -0.503. The van der Waals surface area contributed by atoms with E-state index in [9.17, 15) is 25.1 Å². The summed E-state index contributed by atoms with van der Waals surface area (Å²) in [6.07, 6.45) is 0.858. The summed E-state index contributed by atoms with van der Waals surface area (Å²) in [5.41, 5.74) is 1.64. The van der Waals surface area contributed by atoms with Gasteiger partial charge in [0.05, 0.1) is 20.3 Å². The third-order valence-electron chi connectivity index (χ3n) is 4.14. The summed E-state index contributed by atoms with van der Waals surface area (Å²) in [5.74, 6) is -1.27. The molecular weight excluding hydrogens is 382 g/mol. The smallest absolute Gasteiger partial charge is 0.317 e. The molecule has 2 rings (SSSR count). The van der Waals surface area contributed by atoms with Crippen LogP contribution in [0.1, 0.15) is 12.5 Å². The van der Waals surface area contributed by atoms with E-state index in [1.54, 1.807) is 6.92 Å². The Kier molecular flexibility index (Phi) is 7.79. The number of phenolic OH excluding ortho intramolecular Hbond substituents is 2. The molecule has 11 nitrogen and oxygen atoms in total. The predicted molar refractivity (Wildman–Crippen MR) is 100 cm³/mol. The number of benzene rings is 1. The number of rotatable bonds is 9. The molecule has 0 spiro atoms. The Hall–Kier alpha value is -3.33. The first kappa shape index (κ1) is 22.0. The van der Waals surface area contributed by atoms with E-state index in [1.807, 2.05) is 6.07 Å². The van der Waals surface area contributed by atoms with Crippen LogP contribution in [0.3, 0.4) is 0 Å². The van der Waals surface area contributed by atoms with Crippen LogP contribution in [0.25, 0.3) is 6.08 Å². The second-order valence-corrected chi connectivity index (χ2v) is 6.10. The van der Waals surface area contributed by atoms with Gasteiger partial charge < -0.3 is 30.5 Å². The Bertz CT molecular complexity index is 835. The zero-order chi connectivity index (χ0) is 21.4. The molecule has 1 aliphatic rings. The fraction of sp³-hybridized carbons (Fsp3) is 0.389. The lowest BCUT2D eigenvalue weighted by Crippen LogP contribution is -2.75. The van der Waals surface area contributed by atoms with Crippen LogP contribution in [0.2, 0.25) is 0 Å². The van der Waals surface area contributed by atoms with Crippen molar-refractivity contribution in [3.05, 3.63) is 23.3 Å². The number of carbonyl (C=O) groups excluding carboxylic acids is 2. The molecule has 0 aromatic heterocycles. The second-order valence-electron chi connectivity index (χ2n) is 6.10. The summed E-state index contributed by atoms with van der Waals surface area (Å²) in [6, 6.07) is 4.26. The van der Waals surface area contributed by atoms with Crippen LogP contribution in [0.4, 0.5) is 10.5 Å². The molecule has 1 fully saturated rings. The van der Waals surface area contributed by atoms with Crippen LogP contribution in [0.15, 0.2) is 17.7 Å². The van der Waals surface area contributed by atoms with Gasteiger partial charge in [-0.05, 0) is 24.6 Å². The van der Waals surface area contributed by atoms with Gasteiger partial charge in [-0.1, -0.05) is 0 Å². The van der Waals surface area contributed by atoms with Gasteiger partial charge in [0.2, 0.25) is 11.4 Å². The number of nitrogens with zero attached hydrogens (tertiary/aromatic N) is 2. The van der Waals surface area contributed by atoms with Crippen molar-refractivity contribution in [2.75, 3.05) is 33.4 Å². The third kappa shape index (κ3) is 5.82. The molecule has 0 saturated carbocycles. The molecule has 1 atom stereocenters. The number of ether oxygens (including phenoxy) is 1. The van der Waals surface area contributed by atoms with Gasteiger partial charge in [-0.2, -0.15) is 10.7 Å². The van der Waals surface area contributed by atoms with Gasteiger partial charge in [0.1, 0.15) is 17.9 Å². The van der Waals surface area contributed by atoms with E-state index < -0.39 is 17.9 Å². The summed E-state index contributed by atoms with van der Waals surface area (Å²) in [4.78, 5) is 30.1. The van der Waals surface area contributed by atoms with Gasteiger partial charge in [0, 0.05) is 19.2 Å². The average molecular weight is 406 g/mol. The molecule has 0 aliphatic carbocycles. The Morgan fingerprint density at radius 3 is 2.83 bits per heavy atom. The number of hydrogen-bond donors (Lipinski definition) is 5. The van der Waals surface area contributed by atoms with Gasteiger partial charge >= 0.3 is 6.03 Å². The van der Waals surface area contributed by atoms with Crippen LogP contribution in [-0.2, 0) is 14.4 Å². The highest BCUT2D eigenvalue weighted by Gasteiger charge is 2.22. The molecule has 29 heavy (non-hydrogen) atoms. The average Bonchev–Trinajstić information content (AvgIpc) is 3.12. The van der Waals surface area contributed by atoms with E-state index in [0.29, 0.717) is 18.7 Å². The van der Waals surface area contributed by atoms with E-state index in [4.69, 9.17) is 9.57 Å². The van der Waals surface area contributed by atoms with Gasteiger partial charge in [-0.25, -0.2) is 9.63 Å². The molecule has 11 heteroatoms. The lowest BCUT2D eigenvalue weighted by molar-refractivity contribution is -0.830. The summed E-state index contributed by atoms with van der Waals surface area (Å²) in [7, 11) is 1.39. The predicted octanol–water partition coefficient (Wildman–Crippen LogP) is -0.735. The first-order chi connectivity index (χ1) is 13.9. The lowest BCUT2D eigenvalue weighted by atomic mass is 10.1. The molecular formula is C18H24N5O6+. The zero-order valence-corrected chi connectivity index (χ0v) is 16.1. The van der Waals surface area contributed by atoms with E-state index in [2.05, 4.69) is 10.6 Å². The molecule has 1 aromatic rings. The third-order valence-corrected chi connectivity index (χ3v) is 4.14. The number of nitrogens with one attached hydrogen (secondary N) is 2. The van der Waals surface area contributed by atoms with Crippen molar-refractivity contribution < 1.29 is 34.9 Å². The molecule has 1 heterocycles. The Morgan fingerprint density at radius 2 is 2.24 bits per heavy atom. The number of nitrogens with two attached hydrogens (primary N) is 1. The Morgan fingerprint density at radius 1 is 1.48 bits per heavy atom. The van der Waals surface area contributed by atoms with Crippen LogP contribution in [0.5, 0.6) is 11.5 Å². The molecule has 3 amide bonds. The second kappa shape index (κ2) is 10.3. The van der Waals surface area contributed by atoms with E-state index in [0.717, 1.165) is 0 Å². The highest BCUT2D eigenvalue weighted by molar-refractivity contribution is 6.01. The van der Waals surface area contributed by atoms with E-state index in [1.165, 1.54) is 35.7 Å².